The van der Waals surface area contributed by atoms with Crippen molar-refractivity contribution in [2.45, 2.75) is 38.0 Å². The number of carbonyl (C=O) groups excluding carboxylic acids is 1. The second kappa shape index (κ2) is 3.87. The van der Waals surface area contributed by atoms with E-state index in [1.54, 1.807) is 11.0 Å². The summed E-state index contributed by atoms with van der Waals surface area (Å²) < 4.78 is 19.4. The van der Waals surface area contributed by atoms with E-state index in [0.717, 1.165) is 12.1 Å². The first-order chi connectivity index (χ1) is 9.55. The van der Waals surface area contributed by atoms with Crippen LogP contribution in [0.4, 0.5) is 9.18 Å². The van der Waals surface area contributed by atoms with Crippen LogP contribution in [0.3, 0.4) is 0 Å². The maximum absolute atomic E-state index is 13.4. The Bertz CT molecular complexity index is 587. The quantitative estimate of drug-likeness (QED) is 0.902. The van der Waals surface area contributed by atoms with Gasteiger partial charge in [-0.15, -0.1) is 0 Å². The number of benzene rings is 1. The van der Waals surface area contributed by atoms with Crippen LogP contribution in [0, 0.1) is 11.7 Å². The number of halogens is 1. The average Bonchev–Trinajstić information content (AvgIpc) is 3.19. The van der Waals surface area contributed by atoms with E-state index in [0.29, 0.717) is 18.1 Å². The highest BCUT2D eigenvalue weighted by Crippen LogP contribution is 2.45. The Morgan fingerprint density at radius 3 is 3.05 bits per heavy atom. The van der Waals surface area contributed by atoms with E-state index in [-0.39, 0.29) is 17.9 Å². The van der Waals surface area contributed by atoms with Crippen molar-refractivity contribution in [2.24, 2.45) is 5.92 Å². The third-order valence-electron chi connectivity index (χ3n) is 4.51. The number of urea groups is 1. The lowest BCUT2D eigenvalue weighted by Gasteiger charge is -2.50. The van der Waals surface area contributed by atoms with Crippen LogP contribution in [0.1, 0.15) is 37.8 Å². The number of ether oxygens (including phenoxy) is 1. The SMILES string of the molecule is CC12CC(NC(=O)N1CC1CC1)c1cc(F)ccc1O2. The maximum Gasteiger partial charge on any atom is 0.320 e. The molecule has 3 aliphatic rings. The zero-order chi connectivity index (χ0) is 13.9. The molecule has 0 spiro atoms. The first-order valence-electron chi connectivity index (χ1n) is 7.12. The molecule has 2 fully saturated rings. The Kier molecular flexibility index (Phi) is 2.32. The first kappa shape index (κ1) is 12.0. The van der Waals surface area contributed by atoms with Crippen molar-refractivity contribution in [3.63, 3.8) is 0 Å². The molecule has 20 heavy (non-hydrogen) atoms. The third-order valence-corrected chi connectivity index (χ3v) is 4.51. The normalized spacial score (nSPS) is 31.4. The molecule has 1 aromatic carbocycles. The van der Waals surface area contributed by atoms with Crippen LogP contribution in [0.25, 0.3) is 0 Å². The summed E-state index contributed by atoms with van der Waals surface area (Å²) >= 11 is 0. The predicted molar refractivity (Wildman–Crippen MR) is 70.8 cm³/mol. The number of amides is 2. The summed E-state index contributed by atoms with van der Waals surface area (Å²) in [6, 6.07) is 4.24. The molecule has 1 aromatic rings. The van der Waals surface area contributed by atoms with Crippen molar-refractivity contribution in [2.75, 3.05) is 6.54 Å². The minimum absolute atomic E-state index is 0.106. The van der Waals surface area contributed by atoms with E-state index in [9.17, 15) is 9.18 Å². The van der Waals surface area contributed by atoms with Gasteiger partial charge in [-0.25, -0.2) is 9.18 Å². The van der Waals surface area contributed by atoms with E-state index >= 15 is 0 Å². The molecule has 0 radical (unpaired) electrons. The molecular weight excluding hydrogens is 259 g/mol. The smallest absolute Gasteiger partial charge is 0.320 e. The Morgan fingerprint density at radius 2 is 2.30 bits per heavy atom. The number of nitrogens with one attached hydrogen (secondary N) is 1. The molecule has 5 heteroatoms. The molecule has 4 nitrogen and oxygen atoms in total. The van der Waals surface area contributed by atoms with Gasteiger partial charge in [0.15, 0.2) is 5.72 Å². The van der Waals surface area contributed by atoms with Crippen LogP contribution in [-0.4, -0.2) is 23.2 Å². The molecular formula is C15H17FN2O2. The summed E-state index contributed by atoms with van der Waals surface area (Å²) in [5, 5.41) is 2.98. The molecule has 1 N–H and O–H groups in total. The van der Waals surface area contributed by atoms with Crippen LogP contribution in [0.5, 0.6) is 5.75 Å². The minimum atomic E-state index is -0.625. The fourth-order valence-corrected chi connectivity index (χ4v) is 3.22. The van der Waals surface area contributed by atoms with Gasteiger partial charge >= 0.3 is 6.03 Å². The van der Waals surface area contributed by atoms with E-state index < -0.39 is 5.72 Å². The molecule has 1 aliphatic carbocycles. The molecule has 2 atom stereocenters. The van der Waals surface area contributed by atoms with Gasteiger partial charge in [-0.2, -0.15) is 0 Å². The average molecular weight is 276 g/mol. The fourth-order valence-electron chi connectivity index (χ4n) is 3.22. The van der Waals surface area contributed by atoms with Gasteiger partial charge in [-0.05, 0) is 43.9 Å². The summed E-state index contributed by atoms with van der Waals surface area (Å²) in [6.07, 6.45) is 3.03. The van der Waals surface area contributed by atoms with Gasteiger partial charge in [0, 0.05) is 18.5 Å². The lowest BCUT2D eigenvalue weighted by molar-refractivity contribution is -0.0855. The highest BCUT2D eigenvalue weighted by molar-refractivity contribution is 5.77. The number of fused-ring (bicyclic) bond motifs is 4. The molecule has 1 saturated carbocycles. The zero-order valence-electron chi connectivity index (χ0n) is 11.4. The summed E-state index contributed by atoms with van der Waals surface area (Å²) in [6.45, 7) is 2.69. The van der Waals surface area contributed by atoms with Crippen molar-refractivity contribution in [3.8, 4) is 5.75 Å². The molecule has 1 saturated heterocycles. The summed E-state index contributed by atoms with van der Waals surface area (Å²) in [5.74, 6) is 0.976. The summed E-state index contributed by atoms with van der Waals surface area (Å²) in [5.41, 5.74) is 0.113. The van der Waals surface area contributed by atoms with Gasteiger partial charge in [0.1, 0.15) is 11.6 Å². The topological polar surface area (TPSA) is 41.6 Å². The van der Waals surface area contributed by atoms with E-state index in [2.05, 4.69) is 5.32 Å². The number of nitrogens with zero attached hydrogens (tertiary/aromatic N) is 1. The molecule has 4 rings (SSSR count). The van der Waals surface area contributed by atoms with Crippen LogP contribution < -0.4 is 10.1 Å². The van der Waals surface area contributed by atoms with Crippen molar-refractivity contribution >= 4 is 6.03 Å². The van der Waals surface area contributed by atoms with Crippen molar-refractivity contribution in [1.82, 2.24) is 10.2 Å². The van der Waals surface area contributed by atoms with Gasteiger partial charge < -0.3 is 10.1 Å². The van der Waals surface area contributed by atoms with Crippen molar-refractivity contribution < 1.29 is 13.9 Å². The maximum atomic E-state index is 13.4. The highest BCUT2D eigenvalue weighted by atomic mass is 19.1. The molecule has 2 heterocycles. The lowest BCUT2D eigenvalue weighted by atomic mass is 9.90. The van der Waals surface area contributed by atoms with Gasteiger partial charge in [0.05, 0.1) is 6.04 Å². The summed E-state index contributed by atoms with van der Waals surface area (Å²) in [7, 11) is 0. The first-order valence-corrected chi connectivity index (χ1v) is 7.12. The van der Waals surface area contributed by atoms with Crippen molar-refractivity contribution in [3.05, 3.63) is 29.6 Å². The molecule has 106 valence electrons. The molecule has 2 amide bonds. The number of carbonyl (C=O) groups is 1. The monoisotopic (exact) mass is 276 g/mol. The molecule has 0 aromatic heterocycles. The highest BCUT2D eigenvalue weighted by Gasteiger charge is 2.50. The van der Waals surface area contributed by atoms with Gasteiger partial charge in [-0.3, -0.25) is 4.90 Å². The molecule has 2 unspecified atom stereocenters. The second-order valence-electron chi connectivity index (χ2n) is 6.22. The lowest BCUT2D eigenvalue weighted by Crippen LogP contribution is -2.65. The van der Waals surface area contributed by atoms with E-state index in [1.807, 2.05) is 6.92 Å². The number of hydrogen-bond donors (Lipinski definition) is 1. The van der Waals surface area contributed by atoms with Crippen molar-refractivity contribution in [1.29, 1.82) is 0 Å². The molecule has 2 aliphatic heterocycles. The standard InChI is InChI=1S/C15H17FN2O2/c1-15-7-12(11-6-10(16)4-5-13(11)20-15)17-14(19)18(15)8-9-2-3-9/h4-6,9,12H,2-3,7-8H2,1H3,(H,17,19). The molecule has 2 bridgehead atoms. The van der Waals surface area contributed by atoms with Crippen LogP contribution >= 0.6 is 0 Å². The largest absolute Gasteiger partial charge is 0.468 e. The van der Waals surface area contributed by atoms with E-state index in [1.165, 1.54) is 25.0 Å². The third kappa shape index (κ3) is 1.76. The van der Waals surface area contributed by atoms with Gasteiger partial charge in [0.25, 0.3) is 0 Å². The Labute approximate surface area is 116 Å². The summed E-state index contributed by atoms with van der Waals surface area (Å²) in [4.78, 5) is 14.1. The zero-order valence-corrected chi connectivity index (χ0v) is 11.4. The van der Waals surface area contributed by atoms with Crippen LogP contribution in [0.15, 0.2) is 18.2 Å². The number of hydrogen-bond acceptors (Lipinski definition) is 2. The van der Waals surface area contributed by atoms with Crippen LogP contribution in [0.2, 0.25) is 0 Å². The Hall–Kier alpha value is -1.78. The minimum Gasteiger partial charge on any atom is -0.468 e. The van der Waals surface area contributed by atoms with E-state index in [4.69, 9.17) is 4.74 Å². The fraction of sp³-hybridized carbons (Fsp3) is 0.533. The Balaban J connectivity index is 1.72. The Morgan fingerprint density at radius 1 is 1.50 bits per heavy atom. The predicted octanol–water partition coefficient (Wildman–Crippen LogP) is 2.80. The second-order valence-corrected chi connectivity index (χ2v) is 6.22. The number of rotatable bonds is 2. The van der Waals surface area contributed by atoms with Gasteiger partial charge in [0.2, 0.25) is 0 Å². The van der Waals surface area contributed by atoms with Crippen LogP contribution in [-0.2, 0) is 0 Å². The van der Waals surface area contributed by atoms with Gasteiger partial charge in [-0.1, -0.05) is 0 Å².